The Kier molecular flexibility index (Phi) is 5.46. The zero-order chi connectivity index (χ0) is 14.4. The molecule has 0 aromatic heterocycles. The van der Waals surface area contributed by atoms with Crippen LogP contribution in [0.2, 0.25) is 0 Å². The predicted octanol–water partition coefficient (Wildman–Crippen LogP) is 1.60. The molecule has 1 aromatic carbocycles. The van der Waals surface area contributed by atoms with Crippen LogP contribution in [0.25, 0.3) is 0 Å². The minimum absolute atomic E-state index is 0.0506. The van der Waals surface area contributed by atoms with E-state index in [1.54, 1.807) is 6.92 Å². The standard InChI is InChI=1S/C11H14F2N2O4/c1-6-2-8(11(14)16)9(3-10(6)18-19-17)15-7(4-12)5-13/h2-3,7,15,17H,4-5H2,1H3,(H2,14,16). The third-order valence-corrected chi connectivity index (χ3v) is 2.44. The van der Waals surface area contributed by atoms with Crippen molar-refractivity contribution in [2.45, 2.75) is 13.0 Å². The Hall–Kier alpha value is -1.93. The summed E-state index contributed by atoms with van der Waals surface area (Å²) >= 11 is 0. The maximum Gasteiger partial charge on any atom is 0.250 e. The summed E-state index contributed by atoms with van der Waals surface area (Å²) < 4.78 is 25.0. The lowest BCUT2D eigenvalue weighted by atomic mass is 10.1. The van der Waals surface area contributed by atoms with Gasteiger partial charge in [-0.05, 0) is 23.6 Å². The van der Waals surface area contributed by atoms with E-state index < -0.39 is 25.3 Å². The zero-order valence-corrected chi connectivity index (χ0v) is 10.2. The number of rotatable bonds is 7. The molecule has 8 heteroatoms. The second kappa shape index (κ2) is 6.86. The Balaban J connectivity index is 3.16. The lowest BCUT2D eigenvalue weighted by Gasteiger charge is -2.17. The number of alkyl halides is 2. The molecule has 1 rings (SSSR count). The normalized spacial score (nSPS) is 10.6. The number of carbonyl (C=O) groups is 1. The molecule has 0 saturated carbocycles. The lowest BCUT2D eigenvalue weighted by Crippen LogP contribution is -2.26. The minimum atomic E-state index is -1.11. The number of carbonyl (C=O) groups excluding carboxylic acids is 1. The molecule has 0 spiro atoms. The van der Waals surface area contributed by atoms with Crippen LogP contribution in [0.1, 0.15) is 15.9 Å². The average Bonchev–Trinajstić information content (AvgIpc) is 2.38. The SMILES string of the molecule is Cc1cc(C(N)=O)c(NC(CF)CF)cc1OOO. The van der Waals surface area contributed by atoms with Gasteiger partial charge < -0.3 is 15.9 Å². The molecule has 19 heavy (non-hydrogen) atoms. The van der Waals surface area contributed by atoms with E-state index >= 15 is 0 Å². The van der Waals surface area contributed by atoms with Crippen molar-refractivity contribution in [2.24, 2.45) is 5.73 Å². The molecule has 1 amide bonds. The van der Waals surface area contributed by atoms with E-state index in [0.29, 0.717) is 5.56 Å². The second-order valence-corrected chi connectivity index (χ2v) is 3.84. The summed E-state index contributed by atoms with van der Waals surface area (Å²) in [6.45, 7) is -0.350. The van der Waals surface area contributed by atoms with E-state index in [1.807, 2.05) is 0 Å². The van der Waals surface area contributed by atoms with Gasteiger partial charge in [-0.15, -0.1) is 0 Å². The van der Waals surface area contributed by atoms with Gasteiger partial charge in [0.25, 0.3) is 5.91 Å². The molecule has 0 unspecified atom stereocenters. The first-order valence-corrected chi connectivity index (χ1v) is 5.34. The number of amides is 1. The van der Waals surface area contributed by atoms with Crippen molar-refractivity contribution in [1.29, 1.82) is 0 Å². The Labute approximate surface area is 108 Å². The smallest absolute Gasteiger partial charge is 0.250 e. The van der Waals surface area contributed by atoms with Crippen molar-refractivity contribution in [2.75, 3.05) is 18.7 Å². The van der Waals surface area contributed by atoms with Crippen LogP contribution in [-0.2, 0) is 5.04 Å². The molecule has 0 aliphatic rings. The first kappa shape index (κ1) is 15.1. The number of benzene rings is 1. The number of hydrogen-bond acceptors (Lipinski definition) is 5. The maximum atomic E-state index is 12.5. The molecule has 106 valence electrons. The van der Waals surface area contributed by atoms with Gasteiger partial charge in [0.2, 0.25) is 0 Å². The van der Waals surface area contributed by atoms with E-state index in [-0.39, 0.29) is 17.0 Å². The monoisotopic (exact) mass is 276 g/mol. The topological polar surface area (TPSA) is 93.8 Å². The highest BCUT2D eigenvalue weighted by Gasteiger charge is 2.16. The highest BCUT2D eigenvalue weighted by atomic mass is 19.1. The number of primary amides is 1. The summed E-state index contributed by atoms with van der Waals surface area (Å²) in [5, 5.41) is 14.2. The minimum Gasteiger partial charge on any atom is -0.376 e. The third kappa shape index (κ3) is 3.76. The van der Waals surface area contributed by atoms with Gasteiger partial charge in [-0.1, -0.05) is 0 Å². The van der Waals surface area contributed by atoms with Gasteiger partial charge >= 0.3 is 0 Å². The number of hydrogen-bond donors (Lipinski definition) is 3. The summed E-state index contributed by atoms with van der Waals surface area (Å²) in [7, 11) is 0. The van der Waals surface area contributed by atoms with Crippen LogP contribution in [0, 0.1) is 6.92 Å². The molecule has 1 aromatic rings. The highest BCUT2D eigenvalue weighted by molar-refractivity contribution is 5.99. The van der Waals surface area contributed by atoms with Crippen molar-refractivity contribution in [3.05, 3.63) is 23.3 Å². The van der Waals surface area contributed by atoms with E-state index in [4.69, 9.17) is 11.0 Å². The lowest BCUT2D eigenvalue weighted by molar-refractivity contribution is -0.439. The molecular formula is C11H14F2N2O4. The van der Waals surface area contributed by atoms with E-state index in [0.717, 1.165) is 0 Å². The number of nitrogens with one attached hydrogen (secondary N) is 1. The van der Waals surface area contributed by atoms with Crippen LogP contribution in [-0.4, -0.2) is 30.6 Å². The second-order valence-electron chi connectivity index (χ2n) is 3.84. The Bertz CT molecular complexity index is 453. The average molecular weight is 276 g/mol. The van der Waals surface area contributed by atoms with Gasteiger partial charge in [-0.25, -0.2) is 14.0 Å². The van der Waals surface area contributed by atoms with Crippen molar-refractivity contribution in [3.63, 3.8) is 0 Å². The molecule has 0 aliphatic heterocycles. The van der Waals surface area contributed by atoms with Crippen LogP contribution in [0.4, 0.5) is 14.5 Å². The van der Waals surface area contributed by atoms with Crippen LogP contribution < -0.4 is 15.9 Å². The summed E-state index contributed by atoms with van der Waals surface area (Å²) in [6, 6.07) is 1.50. The Morgan fingerprint density at radius 1 is 1.47 bits per heavy atom. The molecule has 0 aliphatic carbocycles. The fraction of sp³-hybridized carbons (Fsp3) is 0.364. The van der Waals surface area contributed by atoms with Gasteiger partial charge in [0.1, 0.15) is 13.3 Å². The molecular weight excluding hydrogens is 262 g/mol. The third-order valence-electron chi connectivity index (χ3n) is 2.44. The van der Waals surface area contributed by atoms with Gasteiger partial charge in [-0.2, -0.15) is 0 Å². The quantitative estimate of drug-likeness (QED) is 0.519. The molecule has 0 bridgehead atoms. The van der Waals surface area contributed by atoms with Crippen LogP contribution in [0.3, 0.4) is 0 Å². The van der Waals surface area contributed by atoms with Crippen LogP contribution in [0.15, 0.2) is 12.1 Å². The molecule has 6 nitrogen and oxygen atoms in total. The van der Waals surface area contributed by atoms with E-state index in [9.17, 15) is 13.6 Å². The molecule has 0 fully saturated rings. The van der Waals surface area contributed by atoms with Crippen LogP contribution in [0.5, 0.6) is 5.75 Å². The molecule has 0 atom stereocenters. The molecule has 0 radical (unpaired) electrons. The van der Waals surface area contributed by atoms with Crippen molar-refractivity contribution < 1.29 is 28.8 Å². The van der Waals surface area contributed by atoms with Crippen molar-refractivity contribution in [1.82, 2.24) is 0 Å². The van der Waals surface area contributed by atoms with Crippen LogP contribution >= 0.6 is 0 Å². The van der Waals surface area contributed by atoms with Crippen molar-refractivity contribution >= 4 is 11.6 Å². The number of anilines is 1. The fourth-order valence-corrected chi connectivity index (χ4v) is 1.48. The summed E-state index contributed by atoms with van der Waals surface area (Å²) in [6.07, 6.45) is 0. The zero-order valence-electron chi connectivity index (χ0n) is 10.2. The van der Waals surface area contributed by atoms with Gasteiger partial charge in [-0.3, -0.25) is 4.79 Å². The first-order chi connectivity index (χ1) is 9.03. The summed E-state index contributed by atoms with van der Waals surface area (Å²) in [4.78, 5) is 15.7. The van der Waals surface area contributed by atoms with E-state index in [1.165, 1.54) is 12.1 Å². The summed E-state index contributed by atoms with van der Waals surface area (Å²) in [5.74, 6) is -0.690. The van der Waals surface area contributed by atoms with E-state index in [2.05, 4.69) is 15.2 Å². The number of nitrogens with two attached hydrogens (primary N) is 1. The van der Waals surface area contributed by atoms with Gasteiger partial charge in [0.15, 0.2) is 5.75 Å². The number of halogens is 2. The first-order valence-electron chi connectivity index (χ1n) is 5.34. The molecule has 0 saturated heterocycles. The Morgan fingerprint density at radius 3 is 2.58 bits per heavy atom. The van der Waals surface area contributed by atoms with Crippen molar-refractivity contribution in [3.8, 4) is 5.75 Å². The fourth-order valence-electron chi connectivity index (χ4n) is 1.48. The largest absolute Gasteiger partial charge is 0.376 e. The summed E-state index contributed by atoms with van der Waals surface area (Å²) in [5.41, 5.74) is 5.77. The number of aryl methyl sites for hydroxylation is 1. The Morgan fingerprint density at radius 2 is 2.11 bits per heavy atom. The highest BCUT2D eigenvalue weighted by Crippen LogP contribution is 2.27. The molecule has 0 heterocycles. The van der Waals surface area contributed by atoms with Gasteiger partial charge in [0, 0.05) is 6.07 Å². The molecule has 4 N–H and O–H groups in total. The van der Waals surface area contributed by atoms with Gasteiger partial charge in [0.05, 0.1) is 17.3 Å². The maximum absolute atomic E-state index is 12.5. The predicted molar refractivity (Wildman–Crippen MR) is 63.4 cm³/mol.